The van der Waals surface area contributed by atoms with Crippen LogP contribution in [0.15, 0.2) is 121 Å². The molecule has 0 radical (unpaired) electrons. The lowest BCUT2D eigenvalue weighted by Gasteiger charge is -2.37. The quantitative estimate of drug-likeness (QED) is 0.123. The second kappa shape index (κ2) is 18.7. The molecule has 2 aliphatic carbocycles. The van der Waals surface area contributed by atoms with Crippen molar-refractivity contribution in [2.75, 3.05) is 0 Å². The summed E-state index contributed by atoms with van der Waals surface area (Å²) in [5.74, 6) is 0. The molecule has 2 fully saturated rings. The lowest BCUT2D eigenvalue weighted by atomic mass is 9.86. The first-order valence-corrected chi connectivity index (χ1v) is 17.3. The monoisotopic (exact) mass is 618 g/mol. The molecule has 0 heterocycles. The van der Waals surface area contributed by atoms with Gasteiger partial charge in [-0.1, -0.05) is 134 Å². The largest absolute Gasteiger partial charge is 0.325 e. The highest BCUT2D eigenvalue weighted by Gasteiger charge is 2.30. The van der Waals surface area contributed by atoms with E-state index < -0.39 is 0 Å². The lowest BCUT2D eigenvalue weighted by Crippen LogP contribution is -2.58. The standard InChI is InChI=1S/2C20H27N3/c2*21-20-18(22-14-16-8-3-1-4-9-16)12-7-13-19(20)23-15-17-10-5-2-6-11-17/h2*1-6,8-11,18-20,22-23H,7,12-15,21H2/t2*18-,19+,20?. The van der Waals surface area contributed by atoms with Crippen LogP contribution in [0.4, 0.5) is 0 Å². The molecule has 2 aliphatic rings. The van der Waals surface area contributed by atoms with Gasteiger partial charge in [0.2, 0.25) is 0 Å². The van der Waals surface area contributed by atoms with E-state index in [1.54, 1.807) is 0 Å². The van der Waals surface area contributed by atoms with Crippen LogP contribution in [0.1, 0.15) is 60.8 Å². The molecule has 0 spiro atoms. The van der Waals surface area contributed by atoms with Gasteiger partial charge in [0.05, 0.1) is 0 Å². The first kappa shape index (κ1) is 34.0. The van der Waals surface area contributed by atoms with Crippen LogP contribution in [-0.2, 0) is 26.2 Å². The molecule has 2 unspecified atom stereocenters. The fraction of sp³-hybridized carbons (Fsp3) is 0.400. The average molecular weight is 619 g/mol. The predicted molar refractivity (Wildman–Crippen MR) is 192 cm³/mol. The second-order valence-electron chi connectivity index (χ2n) is 12.9. The molecular formula is C40H54N6. The highest BCUT2D eigenvalue weighted by atomic mass is 15.0. The van der Waals surface area contributed by atoms with Crippen molar-refractivity contribution >= 4 is 0 Å². The van der Waals surface area contributed by atoms with Gasteiger partial charge in [-0.2, -0.15) is 0 Å². The molecule has 4 aromatic carbocycles. The Kier molecular flexibility index (Phi) is 13.8. The van der Waals surface area contributed by atoms with Crippen molar-refractivity contribution in [3.8, 4) is 0 Å². The molecule has 46 heavy (non-hydrogen) atoms. The Morgan fingerprint density at radius 2 is 0.587 bits per heavy atom. The van der Waals surface area contributed by atoms with Crippen molar-refractivity contribution in [3.63, 3.8) is 0 Å². The maximum Gasteiger partial charge on any atom is 0.0350 e. The third kappa shape index (κ3) is 10.9. The highest BCUT2D eigenvalue weighted by Crippen LogP contribution is 2.20. The summed E-state index contributed by atoms with van der Waals surface area (Å²) in [6.45, 7) is 3.57. The van der Waals surface area contributed by atoms with E-state index >= 15 is 0 Å². The van der Waals surface area contributed by atoms with E-state index in [4.69, 9.17) is 11.5 Å². The Bertz CT molecular complexity index is 1140. The molecule has 6 heteroatoms. The average Bonchev–Trinajstić information content (AvgIpc) is 3.12. The number of rotatable bonds is 12. The van der Waals surface area contributed by atoms with Gasteiger partial charge in [0, 0.05) is 62.4 Å². The number of nitrogens with one attached hydrogen (secondary N) is 4. The van der Waals surface area contributed by atoms with Gasteiger partial charge in [-0.05, 0) is 47.9 Å². The third-order valence-electron chi connectivity index (χ3n) is 9.56. The van der Waals surface area contributed by atoms with Gasteiger partial charge in [0.1, 0.15) is 0 Å². The van der Waals surface area contributed by atoms with Gasteiger partial charge < -0.3 is 32.7 Å². The van der Waals surface area contributed by atoms with E-state index in [0.717, 1.165) is 51.9 Å². The van der Waals surface area contributed by atoms with Gasteiger partial charge >= 0.3 is 0 Å². The van der Waals surface area contributed by atoms with E-state index in [2.05, 4.69) is 143 Å². The Labute approximate surface area is 276 Å². The minimum absolute atomic E-state index is 0.163. The zero-order valence-corrected chi connectivity index (χ0v) is 27.2. The van der Waals surface area contributed by atoms with Gasteiger partial charge in [-0.15, -0.1) is 0 Å². The molecule has 6 rings (SSSR count). The van der Waals surface area contributed by atoms with Crippen LogP contribution < -0.4 is 32.7 Å². The van der Waals surface area contributed by atoms with Crippen LogP contribution in [0.25, 0.3) is 0 Å². The first-order chi connectivity index (χ1) is 22.7. The van der Waals surface area contributed by atoms with Gasteiger partial charge in [-0.25, -0.2) is 0 Å². The second-order valence-corrected chi connectivity index (χ2v) is 12.9. The molecule has 0 aromatic heterocycles. The van der Waals surface area contributed by atoms with Crippen LogP contribution in [0, 0.1) is 0 Å². The fourth-order valence-electron chi connectivity index (χ4n) is 6.78. The molecule has 8 N–H and O–H groups in total. The van der Waals surface area contributed by atoms with E-state index in [-0.39, 0.29) is 12.1 Å². The summed E-state index contributed by atoms with van der Waals surface area (Å²) >= 11 is 0. The van der Waals surface area contributed by atoms with Gasteiger partial charge in [0.25, 0.3) is 0 Å². The van der Waals surface area contributed by atoms with E-state index in [9.17, 15) is 0 Å². The number of benzene rings is 4. The molecule has 0 aliphatic heterocycles. The summed E-state index contributed by atoms with van der Waals surface area (Å²) in [5, 5.41) is 14.6. The summed E-state index contributed by atoms with van der Waals surface area (Å²) in [6, 6.07) is 44.0. The zero-order chi connectivity index (χ0) is 31.8. The number of hydrogen-bond acceptors (Lipinski definition) is 6. The zero-order valence-electron chi connectivity index (χ0n) is 27.2. The lowest BCUT2D eigenvalue weighted by molar-refractivity contribution is 0.258. The number of nitrogens with two attached hydrogens (primary N) is 2. The summed E-state index contributed by atoms with van der Waals surface area (Å²) in [4.78, 5) is 0. The summed E-state index contributed by atoms with van der Waals surface area (Å²) in [5.41, 5.74) is 18.3. The van der Waals surface area contributed by atoms with E-state index in [1.807, 2.05) is 0 Å². The molecule has 2 saturated carbocycles. The third-order valence-corrected chi connectivity index (χ3v) is 9.56. The molecule has 0 bridgehead atoms. The van der Waals surface area contributed by atoms with Crippen LogP contribution >= 0.6 is 0 Å². The highest BCUT2D eigenvalue weighted by molar-refractivity contribution is 5.17. The van der Waals surface area contributed by atoms with Crippen LogP contribution in [0.3, 0.4) is 0 Å². The van der Waals surface area contributed by atoms with Crippen molar-refractivity contribution in [1.29, 1.82) is 0 Å². The molecule has 6 atom stereocenters. The maximum atomic E-state index is 6.53. The molecule has 0 saturated heterocycles. The summed E-state index contributed by atoms with van der Waals surface area (Å²) in [6.07, 6.45) is 7.11. The molecule has 244 valence electrons. The maximum absolute atomic E-state index is 6.53. The molecule has 0 amide bonds. The smallest absolute Gasteiger partial charge is 0.0350 e. The van der Waals surface area contributed by atoms with Crippen molar-refractivity contribution in [3.05, 3.63) is 144 Å². The van der Waals surface area contributed by atoms with Crippen molar-refractivity contribution in [2.24, 2.45) is 11.5 Å². The first-order valence-electron chi connectivity index (χ1n) is 17.3. The van der Waals surface area contributed by atoms with Crippen LogP contribution in [0.2, 0.25) is 0 Å². The van der Waals surface area contributed by atoms with Crippen molar-refractivity contribution in [1.82, 2.24) is 21.3 Å². The Morgan fingerprint density at radius 1 is 0.370 bits per heavy atom. The topological polar surface area (TPSA) is 100 Å². The Morgan fingerprint density at radius 3 is 0.804 bits per heavy atom. The van der Waals surface area contributed by atoms with Crippen molar-refractivity contribution in [2.45, 2.75) is 101 Å². The minimum atomic E-state index is 0.163. The SMILES string of the molecule is NC1[C@@H](NCc2ccccc2)CCC[C@H]1NCc1ccccc1.NC1[C@@H](NCc2ccccc2)CCC[C@H]1NCc1ccccc1. The van der Waals surface area contributed by atoms with Crippen LogP contribution in [0.5, 0.6) is 0 Å². The Hall–Kier alpha value is -3.36. The predicted octanol–water partition coefficient (Wildman–Crippen LogP) is 5.63. The van der Waals surface area contributed by atoms with Gasteiger partial charge in [-0.3, -0.25) is 0 Å². The number of hydrogen-bond donors (Lipinski definition) is 6. The molecule has 6 nitrogen and oxygen atoms in total. The normalized spacial score (nSPS) is 24.5. The van der Waals surface area contributed by atoms with Gasteiger partial charge in [0.15, 0.2) is 0 Å². The minimum Gasteiger partial charge on any atom is -0.325 e. The van der Waals surface area contributed by atoms with Crippen LogP contribution in [-0.4, -0.2) is 36.3 Å². The summed E-state index contributed by atoms with van der Waals surface area (Å²) in [7, 11) is 0. The summed E-state index contributed by atoms with van der Waals surface area (Å²) < 4.78 is 0. The van der Waals surface area contributed by atoms with Crippen molar-refractivity contribution < 1.29 is 0 Å². The fourth-order valence-corrected chi connectivity index (χ4v) is 6.78. The van der Waals surface area contributed by atoms with E-state index in [0.29, 0.717) is 24.2 Å². The van der Waals surface area contributed by atoms with E-state index in [1.165, 1.54) is 35.1 Å². The molecule has 4 aromatic rings. The molecular weight excluding hydrogens is 564 g/mol. The Balaban J connectivity index is 0.000000181.